The summed E-state index contributed by atoms with van der Waals surface area (Å²) in [6.45, 7) is 4.13. The number of anilines is 1. The Morgan fingerprint density at radius 2 is 1.83 bits per heavy atom. The molecule has 1 saturated heterocycles. The number of aromatic nitrogens is 1. The third kappa shape index (κ3) is 4.06. The summed E-state index contributed by atoms with van der Waals surface area (Å²) < 4.78 is 5.96. The van der Waals surface area contributed by atoms with Gasteiger partial charge in [-0.1, -0.05) is 0 Å². The molecule has 0 atom stereocenters. The Morgan fingerprint density at radius 3 is 2.50 bits per heavy atom. The summed E-state index contributed by atoms with van der Waals surface area (Å²) in [4.78, 5) is 23.9. The van der Waals surface area contributed by atoms with Gasteiger partial charge in [-0.25, -0.2) is 0 Å². The third-order valence-corrected chi connectivity index (χ3v) is 5.99. The maximum absolute atomic E-state index is 12.3. The SMILES string of the molecule is COc1cc2c(=O)[nH]c(O)c(C=Nc3ccc(N4CCN(C)CC4)cc3)c2cc1Br. The van der Waals surface area contributed by atoms with E-state index in [1.807, 2.05) is 12.1 Å². The highest BCUT2D eigenvalue weighted by molar-refractivity contribution is 9.10. The molecule has 0 spiro atoms. The summed E-state index contributed by atoms with van der Waals surface area (Å²) in [5.41, 5.74) is 1.99. The average Bonchev–Trinajstić information content (AvgIpc) is 2.74. The van der Waals surface area contributed by atoms with E-state index in [0.29, 0.717) is 26.6 Å². The van der Waals surface area contributed by atoms with Crippen molar-refractivity contribution >= 4 is 44.3 Å². The highest BCUT2D eigenvalue weighted by Crippen LogP contribution is 2.32. The number of aromatic hydroxyl groups is 1. The highest BCUT2D eigenvalue weighted by atomic mass is 79.9. The number of nitrogens with zero attached hydrogens (tertiary/aromatic N) is 3. The van der Waals surface area contributed by atoms with Crippen LogP contribution in [0.25, 0.3) is 10.8 Å². The second kappa shape index (κ2) is 8.49. The van der Waals surface area contributed by atoms with Crippen LogP contribution in [0.1, 0.15) is 5.56 Å². The number of aromatic amines is 1. The van der Waals surface area contributed by atoms with Gasteiger partial charge >= 0.3 is 0 Å². The molecule has 0 saturated carbocycles. The summed E-state index contributed by atoms with van der Waals surface area (Å²) in [5.74, 6) is 0.323. The minimum atomic E-state index is -0.387. The van der Waals surface area contributed by atoms with Crippen LogP contribution in [0.3, 0.4) is 0 Å². The van der Waals surface area contributed by atoms with E-state index in [9.17, 15) is 9.90 Å². The maximum Gasteiger partial charge on any atom is 0.258 e. The first-order valence-electron chi connectivity index (χ1n) is 9.66. The average molecular weight is 471 g/mol. The Morgan fingerprint density at radius 1 is 1.13 bits per heavy atom. The molecule has 0 bridgehead atoms. The standard InChI is InChI=1S/C22H23BrN4O3/c1-26-7-9-27(10-8-26)15-5-3-14(4-6-15)24-13-18-16-11-19(23)20(30-2)12-17(16)21(28)25-22(18)29/h3-6,11-13H,7-10H2,1-2H3,(H2,25,28,29). The first-order valence-corrected chi connectivity index (χ1v) is 10.5. The number of H-pyrrole nitrogens is 1. The molecule has 2 heterocycles. The van der Waals surface area contributed by atoms with Crippen LogP contribution in [0, 0.1) is 0 Å². The van der Waals surface area contributed by atoms with E-state index in [4.69, 9.17) is 4.74 Å². The van der Waals surface area contributed by atoms with Gasteiger partial charge in [0.15, 0.2) is 0 Å². The predicted octanol–water partition coefficient (Wildman–Crippen LogP) is 3.51. The number of ether oxygens (including phenoxy) is 1. The number of hydrogen-bond donors (Lipinski definition) is 2. The smallest absolute Gasteiger partial charge is 0.258 e. The van der Waals surface area contributed by atoms with E-state index < -0.39 is 0 Å². The molecule has 0 aliphatic carbocycles. The van der Waals surface area contributed by atoms with E-state index in [1.54, 1.807) is 18.3 Å². The van der Waals surface area contributed by atoms with Gasteiger partial charge in [0, 0.05) is 43.5 Å². The molecule has 156 valence electrons. The van der Waals surface area contributed by atoms with Gasteiger partial charge in [-0.3, -0.25) is 14.8 Å². The second-order valence-electron chi connectivity index (χ2n) is 7.31. The highest BCUT2D eigenvalue weighted by Gasteiger charge is 2.15. The number of benzene rings is 2. The van der Waals surface area contributed by atoms with E-state index in [1.165, 1.54) is 12.8 Å². The van der Waals surface area contributed by atoms with Crippen molar-refractivity contribution in [1.82, 2.24) is 9.88 Å². The van der Waals surface area contributed by atoms with Gasteiger partial charge in [-0.2, -0.15) is 0 Å². The molecule has 8 heteroatoms. The van der Waals surface area contributed by atoms with Crippen molar-refractivity contribution in [1.29, 1.82) is 0 Å². The van der Waals surface area contributed by atoms with Gasteiger partial charge in [0.1, 0.15) is 5.75 Å². The Bertz CT molecular complexity index is 1150. The van der Waals surface area contributed by atoms with E-state index in [0.717, 1.165) is 31.9 Å². The number of aliphatic imine (C=N–C) groups is 1. The van der Waals surface area contributed by atoms with Crippen molar-refractivity contribution < 1.29 is 9.84 Å². The monoisotopic (exact) mass is 470 g/mol. The summed E-state index contributed by atoms with van der Waals surface area (Å²) in [6.07, 6.45) is 1.57. The van der Waals surface area contributed by atoms with Crippen LogP contribution in [0.4, 0.5) is 11.4 Å². The number of fused-ring (bicyclic) bond motifs is 1. The second-order valence-corrected chi connectivity index (χ2v) is 8.17. The van der Waals surface area contributed by atoms with Gasteiger partial charge in [0.05, 0.1) is 28.2 Å². The zero-order valence-electron chi connectivity index (χ0n) is 16.9. The molecule has 30 heavy (non-hydrogen) atoms. The first-order chi connectivity index (χ1) is 14.5. The molecule has 7 nitrogen and oxygen atoms in total. The van der Waals surface area contributed by atoms with Crippen LogP contribution in [-0.2, 0) is 0 Å². The molecule has 1 aliphatic rings. The van der Waals surface area contributed by atoms with E-state index in [-0.39, 0.29) is 11.4 Å². The van der Waals surface area contributed by atoms with Crippen molar-refractivity contribution in [3.8, 4) is 11.6 Å². The lowest BCUT2D eigenvalue weighted by Gasteiger charge is -2.34. The molecule has 4 rings (SSSR count). The van der Waals surface area contributed by atoms with Crippen molar-refractivity contribution in [3.63, 3.8) is 0 Å². The Labute approximate surface area is 182 Å². The summed E-state index contributed by atoms with van der Waals surface area (Å²) >= 11 is 3.44. The van der Waals surface area contributed by atoms with Crippen molar-refractivity contribution in [2.45, 2.75) is 0 Å². The summed E-state index contributed by atoms with van der Waals surface area (Å²) in [5, 5.41) is 11.3. The molecule has 1 aromatic heterocycles. The van der Waals surface area contributed by atoms with Crippen LogP contribution < -0.4 is 15.2 Å². The van der Waals surface area contributed by atoms with Crippen LogP contribution in [-0.4, -0.2) is 61.5 Å². The van der Waals surface area contributed by atoms with Gasteiger partial charge in [0.25, 0.3) is 5.56 Å². The van der Waals surface area contributed by atoms with Crippen molar-refractivity contribution in [2.24, 2.45) is 4.99 Å². The van der Waals surface area contributed by atoms with Gasteiger partial charge in [-0.05, 0) is 59.4 Å². The molecular formula is C22H23BrN4O3. The number of nitrogens with one attached hydrogen (secondary N) is 1. The topological polar surface area (TPSA) is 81.2 Å². The lowest BCUT2D eigenvalue weighted by molar-refractivity contribution is 0.313. The molecule has 3 aromatic rings. The van der Waals surface area contributed by atoms with Crippen LogP contribution in [0.5, 0.6) is 11.6 Å². The molecule has 2 aromatic carbocycles. The lowest BCUT2D eigenvalue weighted by atomic mass is 10.1. The zero-order chi connectivity index (χ0) is 21.3. The lowest BCUT2D eigenvalue weighted by Crippen LogP contribution is -2.44. The first kappa shape index (κ1) is 20.4. The number of likely N-dealkylation sites (N-methyl/N-ethyl adjacent to an activating group) is 1. The Hall–Kier alpha value is -2.84. The number of methoxy groups -OCH3 is 1. The Balaban J connectivity index is 1.64. The van der Waals surface area contributed by atoms with Gasteiger partial charge < -0.3 is 19.6 Å². The maximum atomic E-state index is 12.3. The van der Waals surface area contributed by atoms with Crippen LogP contribution >= 0.6 is 15.9 Å². The number of halogens is 1. The zero-order valence-corrected chi connectivity index (χ0v) is 18.4. The normalized spacial score (nSPS) is 15.2. The quantitative estimate of drug-likeness (QED) is 0.570. The molecule has 2 N–H and O–H groups in total. The minimum Gasteiger partial charge on any atom is -0.496 e. The Kier molecular flexibility index (Phi) is 5.78. The van der Waals surface area contributed by atoms with E-state index in [2.05, 4.69) is 54.9 Å². The summed E-state index contributed by atoms with van der Waals surface area (Å²) in [7, 11) is 3.68. The molecule has 0 radical (unpaired) electrons. The van der Waals surface area contributed by atoms with Gasteiger partial charge in [-0.15, -0.1) is 0 Å². The van der Waals surface area contributed by atoms with Crippen molar-refractivity contribution in [3.05, 3.63) is 56.8 Å². The third-order valence-electron chi connectivity index (χ3n) is 5.37. The fourth-order valence-corrected chi connectivity index (χ4v) is 4.08. The van der Waals surface area contributed by atoms with Crippen LogP contribution in [0.2, 0.25) is 0 Å². The largest absolute Gasteiger partial charge is 0.496 e. The fraction of sp³-hybridized carbons (Fsp3) is 0.273. The van der Waals surface area contributed by atoms with E-state index >= 15 is 0 Å². The predicted molar refractivity (Wildman–Crippen MR) is 124 cm³/mol. The van der Waals surface area contributed by atoms with Gasteiger partial charge in [0.2, 0.25) is 5.88 Å². The molecule has 0 amide bonds. The molecule has 1 aliphatic heterocycles. The molecular weight excluding hydrogens is 448 g/mol. The molecule has 0 unspecified atom stereocenters. The molecule has 1 fully saturated rings. The number of pyridine rings is 1. The van der Waals surface area contributed by atoms with Crippen LogP contribution in [0.15, 0.2) is 50.7 Å². The van der Waals surface area contributed by atoms with Crippen molar-refractivity contribution in [2.75, 3.05) is 45.2 Å². The number of piperazine rings is 1. The number of rotatable bonds is 4. The number of hydrogen-bond acceptors (Lipinski definition) is 6. The fourth-order valence-electron chi connectivity index (χ4n) is 3.57. The summed E-state index contributed by atoms with van der Waals surface area (Å²) in [6, 6.07) is 11.4. The minimum absolute atomic E-state index is 0.220.